The summed E-state index contributed by atoms with van der Waals surface area (Å²) in [6.45, 7) is 5.10. The van der Waals surface area contributed by atoms with Crippen LogP contribution < -0.4 is 10.6 Å². The molecule has 0 bridgehead atoms. The number of imide groups is 1. The highest BCUT2D eigenvalue weighted by atomic mass is 16.4. The molecule has 2 rings (SSSR count). The van der Waals surface area contributed by atoms with E-state index < -0.39 is 23.9 Å². The summed E-state index contributed by atoms with van der Waals surface area (Å²) in [4.78, 5) is 35.4. The highest BCUT2D eigenvalue weighted by Crippen LogP contribution is 2.16. The van der Waals surface area contributed by atoms with Crippen molar-refractivity contribution in [2.75, 3.05) is 13.1 Å². The summed E-state index contributed by atoms with van der Waals surface area (Å²) in [5, 5.41) is 12.7. The van der Waals surface area contributed by atoms with E-state index in [1.165, 1.54) is 0 Å². The number of nitrogens with one attached hydrogen (secondary N) is 2. The molecule has 1 atom stereocenters. The second-order valence-electron chi connectivity index (χ2n) is 5.06. The van der Waals surface area contributed by atoms with Gasteiger partial charge in [-0.1, -0.05) is 13.8 Å². The molecule has 1 aromatic rings. The van der Waals surface area contributed by atoms with Gasteiger partial charge < -0.3 is 15.1 Å². The van der Waals surface area contributed by atoms with Crippen molar-refractivity contribution < 1.29 is 18.8 Å². The maximum absolute atomic E-state index is 11.8. The van der Waals surface area contributed by atoms with Gasteiger partial charge in [-0.3, -0.25) is 14.5 Å². The van der Waals surface area contributed by atoms with Crippen molar-refractivity contribution >= 4 is 17.8 Å². The average Bonchev–Trinajstić information content (AvgIpc) is 3.01. The van der Waals surface area contributed by atoms with Crippen molar-refractivity contribution in [2.24, 2.45) is 0 Å². The minimum atomic E-state index is -0.567. The third kappa shape index (κ3) is 3.36. The van der Waals surface area contributed by atoms with E-state index in [0.717, 1.165) is 4.90 Å². The van der Waals surface area contributed by atoms with Crippen molar-refractivity contribution in [1.82, 2.24) is 25.7 Å². The predicted molar refractivity (Wildman–Crippen MR) is 70.1 cm³/mol. The Labute approximate surface area is 121 Å². The maximum atomic E-state index is 11.8. The Morgan fingerprint density at radius 2 is 2.00 bits per heavy atom. The Kier molecular flexibility index (Phi) is 4.20. The number of hydrogen-bond acceptors (Lipinski definition) is 6. The molecule has 1 aromatic heterocycles. The minimum Gasteiger partial charge on any atom is -0.423 e. The number of rotatable bonds is 5. The van der Waals surface area contributed by atoms with Crippen LogP contribution >= 0.6 is 0 Å². The van der Waals surface area contributed by atoms with E-state index in [2.05, 4.69) is 20.8 Å². The van der Waals surface area contributed by atoms with Gasteiger partial charge in [0, 0.05) is 5.92 Å². The summed E-state index contributed by atoms with van der Waals surface area (Å²) < 4.78 is 5.42. The molecule has 21 heavy (non-hydrogen) atoms. The first-order valence-electron chi connectivity index (χ1n) is 6.59. The van der Waals surface area contributed by atoms with Gasteiger partial charge in [-0.25, -0.2) is 4.79 Å². The maximum Gasteiger partial charge on any atom is 0.325 e. The van der Waals surface area contributed by atoms with Gasteiger partial charge >= 0.3 is 6.03 Å². The predicted octanol–water partition coefficient (Wildman–Crippen LogP) is -0.0780. The van der Waals surface area contributed by atoms with E-state index in [9.17, 15) is 14.4 Å². The van der Waals surface area contributed by atoms with Gasteiger partial charge in [0.05, 0.1) is 6.54 Å². The standard InChI is InChI=1S/C12H17N5O4/c1-6(2)10-15-16-11(21-10)7(3)14-8(18)5-17-9(19)4-13-12(17)20/h6-7H,4-5H2,1-3H3,(H,13,20)(H,14,18)/t7-/m1/s1. The van der Waals surface area contributed by atoms with Gasteiger partial charge in [0.15, 0.2) is 0 Å². The van der Waals surface area contributed by atoms with E-state index in [1.807, 2.05) is 13.8 Å². The Balaban J connectivity index is 1.92. The molecule has 2 N–H and O–H groups in total. The Bertz CT molecular complexity index is 552. The monoisotopic (exact) mass is 295 g/mol. The zero-order chi connectivity index (χ0) is 15.6. The number of carbonyl (C=O) groups excluding carboxylic acids is 3. The number of carbonyl (C=O) groups is 3. The first-order valence-corrected chi connectivity index (χ1v) is 6.59. The van der Waals surface area contributed by atoms with E-state index in [1.54, 1.807) is 6.92 Å². The van der Waals surface area contributed by atoms with Crippen LogP contribution in [-0.2, 0) is 9.59 Å². The molecule has 0 aromatic carbocycles. The van der Waals surface area contributed by atoms with E-state index in [0.29, 0.717) is 5.89 Å². The van der Waals surface area contributed by atoms with Crippen molar-refractivity contribution in [3.8, 4) is 0 Å². The average molecular weight is 295 g/mol. The Hall–Kier alpha value is -2.45. The molecule has 0 radical (unpaired) electrons. The molecule has 1 aliphatic rings. The fourth-order valence-electron chi connectivity index (χ4n) is 1.76. The first kappa shape index (κ1) is 14.9. The lowest BCUT2D eigenvalue weighted by atomic mass is 10.2. The van der Waals surface area contributed by atoms with Gasteiger partial charge in [0.2, 0.25) is 17.7 Å². The summed E-state index contributed by atoms with van der Waals surface area (Å²) in [7, 11) is 0. The third-order valence-corrected chi connectivity index (χ3v) is 2.94. The summed E-state index contributed by atoms with van der Waals surface area (Å²) in [6.07, 6.45) is 0. The van der Waals surface area contributed by atoms with Gasteiger partial charge in [0.25, 0.3) is 5.91 Å². The molecule has 1 fully saturated rings. The van der Waals surface area contributed by atoms with Crippen molar-refractivity contribution in [1.29, 1.82) is 0 Å². The first-order chi connectivity index (χ1) is 9.88. The zero-order valence-corrected chi connectivity index (χ0v) is 12.0. The topological polar surface area (TPSA) is 117 Å². The van der Waals surface area contributed by atoms with Crippen LogP contribution in [0.2, 0.25) is 0 Å². The highest BCUT2D eigenvalue weighted by Gasteiger charge is 2.30. The summed E-state index contributed by atoms with van der Waals surface area (Å²) in [5.41, 5.74) is 0. The van der Waals surface area contributed by atoms with Gasteiger partial charge in [-0.2, -0.15) is 0 Å². The van der Waals surface area contributed by atoms with Crippen LogP contribution in [-0.4, -0.2) is 46.0 Å². The van der Waals surface area contributed by atoms with E-state index in [4.69, 9.17) is 4.42 Å². The van der Waals surface area contributed by atoms with E-state index >= 15 is 0 Å². The van der Waals surface area contributed by atoms with Gasteiger partial charge in [-0.15, -0.1) is 10.2 Å². The molecular formula is C12H17N5O4. The summed E-state index contributed by atoms with van der Waals surface area (Å²) in [6, 6.07) is -1.07. The molecule has 0 spiro atoms. The highest BCUT2D eigenvalue weighted by molar-refractivity contribution is 6.04. The van der Waals surface area contributed by atoms with Crippen molar-refractivity contribution in [3.63, 3.8) is 0 Å². The fraction of sp³-hybridized carbons (Fsp3) is 0.583. The lowest BCUT2D eigenvalue weighted by molar-refractivity contribution is -0.130. The molecule has 0 saturated carbocycles. The Morgan fingerprint density at radius 1 is 1.33 bits per heavy atom. The van der Waals surface area contributed by atoms with Crippen molar-refractivity contribution in [2.45, 2.75) is 32.7 Å². The molecule has 0 unspecified atom stereocenters. The number of nitrogens with zero attached hydrogens (tertiary/aromatic N) is 3. The smallest absolute Gasteiger partial charge is 0.325 e. The van der Waals surface area contributed by atoms with E-state index in [-0.39, 0.29) is 24.9 Å². The lowest BCUT2D eigenvalue weighted by Gasteiger charge is -2.14. The molecular weight excluding hydrogens is 278 g/mol. The second-order valence-corrected chi connectivity index (χ2v) is 5.06. The van der Waals surface area contributed by atoms with Crippen LogP contribution in [0.25, 0.3) is 0 Å². The molecule has 2 heterocycles. The SMILES string of the molecule is CC(C)c1nnc([C@@H](C)NC(=O)CN2C(=O)CNC2=O)o1. The van der Waals surface area contributed by atoms with Crippen LogP contribution in [0.1, 0.15) is 44.5 Å². The molecule has 1 saturated heterocycles. The van der Waals surface area contributed by atoms with Crippen LogP contribution in [0.4, 0.5) is 4.79 Å². The number of amides is 4. The summed E-state index contributed by atoms with van der Waals surface area (Å²) >= 11 is 0. The molecule has 114 valence electrons. The molecule has 1 aliphatic heterocycles. The molecule has 9 heteroatoms. The number of aromatic nitrogens is 2. The second kappa shape index (κ2) is 5.90. The van der Waals surface area contributed by atoms with Gasteiger partial charge in [0.1, 0.15) is 12.6 Å². The number of urea groups is 1. The van der Waals surface area contributed by atoms with Crippen LogP contribution in [0.3, 0.4) is 0 Å². The number of hydrogen-bond donors (Lipinski definition) is 2. The zero-order valence-electron chi connectivity index (χ0n) is 12.0. The normalized spacial score (nSPS) is 16.3. The largest absolute Gasteiger partial charge is 0.423 e. The van der Waals surface area contributed by atoms with Crippen molar-refractivity contribution in [3.05, 3.63) is 11.8 Å². The molecule has 4 amide bonds. The molecule has 0 aliphatic carbocycles. The minimum absolute atomic E-state index is 0.0803. The molecule has 9 nitrogen and oxygen atoms in total. The lowest BCUT2D eigenvalue weighted by Crippen LogP contribution is -2.41. The Morgan fingerprint density at radius 3 is 2.52 bits per heavy atom. The van der Waals surface area contributed by atoms with Gasteiger partial charge in [-0.05, 0) is 6.92 Å². The third-order valence-electron chi connectivity index (χ3n) is 2.94. The van der Waals surface area contributed by atoms with Crippen LogP contribution in [0.5, 0.6) is 0 Å². The van der Waals surface area contributed by atoms with Crippen LogP contribution in [0.15, 0.2) is 4.42 Å². The van der Waals surface area contributed by atoms with Crippen LogP contribution in [0, 0.1) is 0 Å². The summed E-state index contributed by atoms with van der Waals surface area (Å²) in [5.74, 6) is -0.0376. The quantitative estimate of drug-likeness (QED) is 0.734. The fourth-order valence-corrected chi connectivity index (χ4v) is 1.76.